The summed E-state index contributed by atoms with van der Waals surface area (Å²) in [6.45, 7) is 5.13. The van der Waals surface area contributed by atoms with E-state index in [2.05, 4.69) is 5.32 Å². The lowest BCUT2D eigenvalue weighted by Gasteiger charge is -2.31. The van der Waals surface area contributed by atoms with Crippen molar-refractivity contribution in [3.63, 3.8) is 0 Å². The first kappa shape index (κ1) is 16.4. The van der Waals surface area contributed by atoms with E-state index in [-0.39, 0.29) is 22.7 Å². The summed E-state index contributed by atoms with van der Waals surface area (Å²) in [5, 5.41) is 2.86. The average Bonchev–Trinajstić information content (AvgIpc) is 2.49. The lowest BCUT2D eigenvalue weighted by Crippen LogP contribution is -2.45. The fraction of sp³-hybridized carbons (Fsp3) is 0.438. The summed E-state index contributed by atoms with van der Waals surface area (Å²) in [5.74, 6) is -0.661. The number of carbonyl (C=O) groups excluding carboxylic acids is 2. The van der Waals surface area contributed by atoms with Crippen molar-refractivity contribution in [2.45, 2.75) is 26.7 Å². The molecule has 0 aromatic heterocycles. The Morgan fingerprint density at radius 2 is 1.91 bits per heavy atom. The monoisotopic (exact) mass is 319 g/mol. The Bertz CT molecular complexity index is 607. The maximum atomic E-state index is 12.3. The summed E-state index contributed by atoms with van der Waals surface area (Å²) < 4.78 is 0. The van der Waals surface area contributed by atoms with E-state index in [9.17, 15) is 9.59 Å². The minimum absolute atomic E-state index is 0.110. The van der Waals surface area contributed by atoms with Crippen molar-refractivity contribution in [1.29, 1.82) is 0 Å². The van der Waals surface area contributed by atoms with Gasteiger partial charge in [-0.2, -0.15) is 0 Å². The van der Waals surface area contributed by atoms with Crippen LogP contribution >= 0.6 is 12.2 Å². The van der Waals surface area contributed by atoms with Crippen molar-refractivity contribution in [1.82, 2.24) is 4.90 Å². The number of amides is 2. The Labute approximate surface area is 135 Å². The third-order valence-electron chi connectivity index (χ3n) is 4.01. The number of likely N-dealkylation sites (tertiary alicyclic amines) is 1. The van der Waals surface area contributed by atoms with Crippen LogP contribution in [0.3, 0.4) is 0 Å². The zero-order valence-corrected chi connectivity index (χ0v) is 13.7. The Hall–Kier alpha value is -1.95. The molecule has 0 unspecified atom stereocenters. The topological polar surface area (TPSA) is 75.4 Å². The molecular formula is C16H21N3O2S. The fourth-order valence-electron chi connectivity index (χ4n) is 2.64. The first-order valence-corrected chi connectivity index (χ1v) is 7.76. The highest BCUT2D eigenvalue weighted by Gasteiger charge is 2.26. The molecule has 1 fully saturated rings. The molecule has 0 aliphatic carbocycles. The lowest BCUT2D eigenvalue weighted by atomic mass is 9.96. The van der Waals surface area contributed by atoms with E-state index in [1.54, 1.807) is 0 Å². The first-order valence-electron chi connectivity index (χ1n) is 7.35. The molecule has 0 radical (unpaired) electrons. The second-order valence-corrected chi connectivity index (χ2v) is 6.13. The second-order valence-electron chi connectivity index (χ2n) is 5.74. The molecule has 1 saturated heterocycles. The van der Waals surface area contributed by atoms with E-state index in [4.69, 9.17) is 18.0 Å². The molecule has 22 heavy (non-hydrogen) atoms. The van der Waals surface area contributed by atoms with E-state index < -0.39 is 0 Å². The van der Waals surface area contributed by atoms with Gasteiger partial charge in [-0.25, -0.2) is 0 Å². The number of primary amides is 1. The van der Waals surface area contributed by atoms with Crippen LogP contribution in [0.15, 0.2) is 18.2 Å². The highest BCUT2D eigenvalue weighted by Crippen LogP contribution is 2.19. The van der Waals surface area contributed by atoms with Gasteiger partial charge in [0, 0.05) is 24.7 Å². The summed E-state index contributed by atoms with van der Waals surface area (Å²) in [6.07, 6.45) is 1.29. The number of benzene rings is 1. The van der Waals surface area contributed by atoms with E-state index in [0.29, 0.717) is 25.9 Å². The van der Waals surface area contributed by atoms with Crippen LogP contribution in [-0.2, 0) is 9.59 Å². The smallest absolute Gasteiger partial charge is 0.283 e. The number of piperidine rings is 1. The van der Waals surface area contributed by atoms with Crippen molar-refractivity contribution >= 4 is 34.7 Å². The van der Waals surface area contributed by atoms with Crippen LogP contribution < -0.4 is 11.1 Å². The number of hydrogen-bond acceptors (Lipinski definition) is 3. The molecule has 1 aliphatic heterocycles. The summed E-state index contributed by atoms with van der Waals surface area (Å²) in [7, 11) is 0. The Morgan fingerprint density at radius 3 is 2.45 bits per heavy atom. The van der Waals surface area contributed by atoms with E-state index in [1.165, 1.54) is 0 Å². The summed E-state index contributed by atoms with van der Waals surface area (Å²) in [5.41, 5.74) is 8.23. The molecule has 0 spiro atoms. The quantitative estimate of drug-likeness (QED) is 0.815. The van der Waals surface area contributed by atoms with Gasteiger partial charge in [0.1, 0.15) is 0 Å². The summed E-state index contributed by atoms with van der Waals surface area (Å²) >= 11 is 5.27. The van der Waals surface area contributed by atoms with Crippen molar-refractivity contribution in [2.75, 3.05) is 18.4 Å². The van der Waals surface area contributed by atoms with Crippen LogP contribution in [0.1, 0.15) is 24.0 Å². The lowest BCUT2D eigenvalue weighted by molar-refractivity contribution is -0.122. The standard InChI is InChI=1S/C16H21N3O2S/c1-10-3-4-13(11(2)9-10)18-15(21)16(22)19-7-5-12(6-8-19)14(17)20/h3-4,9,12H,5-8H2,1-2H3,(H2,17,20)(H,18,21). The predicted octanol–water partition coefficient (Wildman–Crippen LogP) is 1.77. The average molecular weight is 319 g/mol. The van der Waals surface area contributed by atoms with Gasteiger partial charge in [0.05, 0.1) is 0 Å². The number of thiocarbonyl (C=S) groups is 1. The zero-order valence-electron chi connectivity index (χ0n) is 12.9. The van der Waals surface area contributed by atoms with Crippen LogP contribution in [0.2, 0.25) is 0 Å². The van der Waals surface area contributed by atoms with E-state index in [1.807, 2.05) is 36.9 Å². The minimum atomic E-state index is -0.278. The number of aryl methyl sites for hydroxylation is 2. The highest BCUT2D eigenvalue weighted by atomic mass is 32.1. The molecule has 5 nitrogen and oxygen atoms in total. The van der Waals surface area contributed by atoms with Gasteiger partial charge in [-0.15, -0.1) is 0 Å². The van der Waals surface area contributed by atoms with Crippen molar-refractivity contribution in [3.05, 3.63) is 29.3 Å². The summed E-state index contributed by atoms with van der Waals surface area (Å²) in [4.78, 5) is 25.5. The molecule has 1 heterocycles. The second kappa shape index (κ2) is 6.87. The molecule has 0 bridgehead atoms. The zero-order chi connectivity index (χ0) is 16.3. The molecule has 3 N–H and O–H groups in total. The van der Waals surface area contributed by atoms with E-state index >= 15 is 0 Å². The number of hydrogen-bond donors (Lipinski definition) is 2. The fourth-order valence-corrected chi connectivity index (χ4v) is 2.87. The molecular weight excluding hydrogens is 298 g/mol. The van der Waals surface area contributed by atoms with Crippen molar-refractivity contribution < 1.29 is 9.59 Å². The van der Waals surface area contributed by atoms with Gasteiger partial charge in [-0.05, 0) is 38.3 Å². The number of nitrogens with one attached hydrogen (secondary N) is 1. The summed E-state index contributed by atoms with van der Waals surface area (Å²) in [6, 6.07) is 5.84. The molecule has 1 aliphatic rings. The van der Waals surface area contributed by atoms with Crippen LogP contribution in [0, 0.1) is 19.8 Å². The van der Waals surface area contributed by atoms with Crippen molar-refractivity contribution in [2.24, 2.45) is 11.7 Å². The maximum Gasteiger partial charge on any atom is 0.283 e. The minimum Gasteiger partial charge on any atom is -0.369 e. The van der Waals surface area contributed by atoms with Gasteiger partial charge >= 0.3 is 0 Å². The SMILES string of the molecule is Cc1ccc(NC(=O)C(=S)N2CCC(C(N)=O)CC2)c(C)c1. The van der Waals surface area contributed by atoms with Gasteiger partial charge in [0.15, 0.2) is 4.99 Å². The van der Waals surface area contributed by atoms with Crippen molar-refractivity contribution in [3.8, 4) is 0 Å². The van der Waals surface area contributed by atoms with Gasteiger partial charge in [-0.3, -0.25) is 9.59 Å². The molecule has 2 amide bonds. The van der Waals surface area contributed by atoms with Gasteiger partial charge in [0.2, 0.25) is 5.91 Å². The number of rotatable bonds is 2. The molecule has 2 rings (SSSR count). The van der Waals surface area contributed by atoms with Crippen LogP contribution in [0.25, 0.3) is 0 Å². The van der Waals surface area contributed by atoms with Crippen LogP contribution in [0.4, 0.5) is 5.69 Å². The van der Waals surface area contributed by atoms with Gasteiger partial charge in [-0.1, -0.05) is 29.9 Å². The molecule has 118 valence electrons. The Morgan fingerprint density at radius 1 is 1.27 bits per heavy atom. The molecule has 1 aromatic carbocycles. The number of nitrogens with zero attached hydrogens (tertiary/aromatic N) is 1. The third kappa shape index (κ3) is 3.82. The molecule has 0 atom stereocenters. The normalized spacial score (nSPS) is 15.5. The Kier molecular flexibility index (Phi) is 5.13. The Balaban J connectivity index is 1.95. The largest absolute Gasteiger partial charge is 0.369 e. The number of nitrogens with two attached hydrogens (primary N) is 1. The highest BCUT2D eigenvalue weighted by molar-refractivity contribution is 7.82. The molecule has 0 saturated carbocycles. The maximum absolute atomic E-state index is 12.3. The number of anilines is 1. The molecule has 6 heteroatoms. The molecule has 1 aromatic rings. The van der Waals surface area contributed by atoms with Gasteiger partial charge in [0.25, 0.3) is 5.91 Å². The third-order valence-corrected chi connectivity index (χ3v) is 4.45. The first-order chi connectivity index (χ1) is 10.4. The van der Waals surface area contributed by atoms with Crippen LogP contribution in [-0.4, -0.2) is 34.8 Å². The number of carbonyl (C=O) groups is 2. The van der Waals surface area contributed by atoms with Crippen LogP contribution in [0.5, 0.6) is 0 Å². The predicted molar refractivity (Wildman–Crippen MR) is 90.6 cm³/mol. The van der Waals surface area contributed by atoms with Gasteiger partial charge < -0.3 is 16.0 Å². The van der Waals surface area contributed by atoms with E-state index in [0.717, 1.165) is 16.8 Å².